The summed E-state index contributed by atoms with van der Waals surface area (Å²) in [6.07, 6.45) is 0. The van der Waals surface area contributed by atoms with E-state index in [2.05, 4.69) is 4.74 Å². The molecule has 0 spiro atoms. The van der Waals surface area contributed by atoms with Gasteiger partial charge in [0.2, 0.25) is 0 Å². The number of hydrogen-bond donors (Lipinski definition) is 1. The molecule has 2 aromatic rings. The molecule has 0 aliphatic carbocycles. The van der Waals surface area contributed by atoms with Crippen molar-refractivity contribution in [1.29, 1.82) is 0 Å². The van der Waals surface area contributed by atoms with Crippen molar-refractivity contribution in [3.05, 3.63) is 39.7 Å². The number of aryl methyl sites for hydroxylation is 1. The molecule has 0 bridgehead atoms. The zero-order valence-corrected chi connectivity index (χ0v) is 11.6. The van der Waals surface area contributed by atoms with Gasteiger partial charge in [-0.2, -0.15) is 0 Å². The van der Waals surface area contributed by atoms with E-state index in [0.717, 1.165) is 16.0 Å². The maximum Gasteiger partial charge on any atom is 0.350 e. The lowest BCUT2D eigenvalue weighted by atomic mass is 10.1. The van der Waals surface area contributed by atoms with Crippen molar-refractivity contribution in [2.75, 3.05) is 12.8 Å². The lowest BCUT2D eigenvalue weighted by molar-refractivity contribution is 0.0607. The van der Waals surface area contributed by atoms with Crippen molar-refractivity contribution in [2.24, 2.45) is 0 Å². The SMILES string of the molecule is COC(=O)c1sc(-c2ccc(Cl)cc2C)cc1N. The summed E-state index contributed by atoms with van der Waals surface area (Å²) in [5.41, 5.74) is 8.32. The highest BCUT2D eigenvalue weighted by atomic mass is 35.5. The number of halogens is 1. The Morgan fingerprint density at radius 2 is 2.11 bits per heavy atom. The van der Waals surface area contributed by atoms with Crippen LogP contribution in [0.3, 0.4) is 0 Å². The topological polar surface area (TPSA) is 52.3 Å². The second-order valence-electron chi connectivity index (χ2n) is 3.85. The van der Waals surface area contributed by atoms with Crippen molar-refractivity contribution in [3.63, 3.8) is 0 Å². The average molecular weight is 282 g/mol. The predicted molar refractivity (Wildman–Crippen MR) is 75.3 cm³/mol. The minimum absolute atomic E-state index is 0.407. The van der Waals surface area contributed by atoms with Gasteiger partial charge < -0.3 is 10.5 Å². The first kappa shape index (κ1) is 12.9. The summed E-state index contributed by atoms with van der Waals surface area (Å²) in [4.78, 5) is 12.9. The van der Waals surface area contributed by atoms with Gasteiger partial charge >= 0.3 is 5.97 Å². The molecule has 0 aliphatic rings. The molecule has 0 unspecified atom stereocenters. The molecule has 1 heterocycles. The molecule has 0 aliphatic heterocycles. The maximum absolute atomic E-state index is 11.5. The summed E-state index contributed by atoms with van der Waals surface area (Å²) in [5.74, 6) is -0.407. The number of thiophene rings is 1. The highest BCUT2D eigenvalue weighted by Crippen LogP contribution is 2.35. The number of benzene rings is 1. The van der Waals surface area contributed by atoms with E-state index in [1.165, 1.54) is 18.4 Å². The van der Waals surface area contributed by atoms with Crippen molar-refractivity contribution in [1.82, 2.24) is 0 Å². The predicted octanol–water partition coefficient (Wildman–Crippen LogP) is 3.75. The van der Waals surface area contributed by atoms with E-state index in [1.54, 1.807) is 6.07 Å². The Hall–Kier alpha value is -1.52. The molecular formula is C13H12ClNO2S. The third-order valence-corrected chi connectivity index (χ3v) is 3.98. The highest BCUT2D eigenvalue weighted by Gasteiger charge is 2.16. The molecule has 18 heavy (non-hydrogen) atoms. The Kier molecular flexibility index (Phi) is 3.59. The molecule has 0 fully saturated rings. The van der Waals surface area contributed by atoms with Crippen molar-refractivity contribution in [2.45, 2.75) is 6.92 Å². The fourth-order valence-corrected chi connectivity index (χ4v) is 3.01. The number of nitrogen functional groups attached to an aromatic ring is 1. The molecule has 1 aromatic carbocycles. The van der Waals surface area contributed by atoms with Crippen molar-refractivity contribution in [3.8, 4) is 10.4 Å². The fraction of sp³-hybridized carbons (Fsp3) is 0.154. The lowest BCUT2D eigenvalue weighted by Gasteiger charge is -2.02. The van der Waals surface area contributed by atoms with Gasteiger partial charge in [0.1, 0.15) is 4.88 Å². The normalized spacial score (nSPS) is 10.4. The van der Waals surface area contributed by atoms with Crippen LogP contribution in [0, 0.1) is 6.92 Å². The Labute approximate surface area is 114 Å². The van der Waals surface area contributed by atoms with Gasteiger partial charge in [-0.3, -0.25) is 0 Å². The first-order chi connectivity index (χ1) is 8.52. The third kappa shape index (κ3) is 2.35. The standard InChI is InChI=1S/C13H12ClNO2S/c1-7-5-8(14)3-4-9(7)11-6-10(15)12(18-11)13(16)17-2/h3-6H,15H2,1-2H3. The molecule has 3 nitrogen and oxygen atoms in total. The smallest absolute Gasteiger partial charge is 0.350 e. The van der Waals surface area contributed by atoms with Gasteiger partial charge in [-0.25, -0.2) is 4.79 Å². The third-order valence-electron chi connectivity index (χ3n) is 2.59. The molecule has 2 rings (SSSR count). The number of carbonyl (C=O) groups is 1. The lowest BCUT2D eigenvalue weighted by Crippen LogP contribution is -2.00. The van der Waals surface area contributed by atoms with E-state index in [9.17, 15) is 4.79 Å². The van der Waals surface area contributed by atoms with Crippen molar-refractivity contribution < 1.29 is 9.53 Å². The number of methoxy groups -OCH3 is 1. The quantitative estimate of drug-likeness (QED) is 0.853. The fourth-order valence-electron chi connectivity index (χ4n) is 1.69. The van der Waals surface area contributed by atoms with E-state index in [1.807, 2.05) is 25.1 Å². The maximum atomic E-state index is 11.5. The van der Waals surface area contributed by atoms with Crippen LogP contribution in [0.25, 0.3) is 10.4 Å². The Morgan fingerprint density at radius 1 is 1.39 bits per heavy atom. The van der Waals surface area contributed by atoms with E-state index >= 15 is 0 Å². The van der Waals surface area contributed by atoms with Gasteiger partial charge in [0.25, 0.3) is 0 Å². The first-order valence-corrected chi connectivity index (χ1v) is 6.46. The van der Waals surface area contributed by atoms with Crippen LogP contribution in [0.2, 0.25) is 5.02 Å². The number of hydrogen-bond acceptors (Lipinski definition) is 4. The average Bonchev–Trinajstić information content (AvgIpc) is 2.70. The van der Waals surface area contributed by atoms with Gasteiger partial charge in [-0.05, 0) is 36.2 Å². The van der Waals surface area contributed by atoms with Crippen LogP contribution in [0.5, 0.6) is 0 Å². The van der Waals surface area contributed by atoms with Crippen LogP contribution in [0.15, 0.2) is 24.3 Å². The molecular weight excluding hydrogens is 270 g/mol. The Bertz CT molecular complexity index is 607. The molecule has 0 radical (unpaired) electrons. The monoisotopic (exact) mass is 281 g/mol. The molecule has 0 saturated carbocycles. The van der Waals surface area contributed by atoms with Crippen LogP contribution in [-0.2, 0) is 4.74 Å². The molecule has 5 heteroatoms. The highest BCUT2D eigenvalue weighted by molar-refractivity contribution is 7.18. The largest absolute Gasteiger partial charge is 0.465 e. The van der Waals surface area contributed by atoms with Crippen LogP contribution >= 0.6 is 22.9 Å². The van der Waals surface area contributed by atoms with Crippen LogP contribution in [-0.4, -0.2) is 13.1 Å². The number of nitrogens with two attached hydrogens (primary N) is 1. The second kappa shape index (κ2) is 5.00. The van der Waals surface area contributed by atoms with Gasteiger partial charge in [0, 0.05) is 9.90 Å². The molecule has 2 N–H and O–H groups in total. The summed E-state index contributed by atoms with van der Waals surface area (Å²) >= 11 is 7.24. The molecule has 0 amide bonds. The second-order valence-corrected chi connectivity index (χ2v) is 5.33. The zero-order valence-electron chi connectivity index (χ0n) is 9.99. The molecule has 1 aromatic heterocycles. The zero-order chi connectivity index (χ0) is 13.3. The Balaban J connectivity index is 2.49. The summed E-state index contributed by atoms with van der Waals surface area (Å²) in [6.45, 7) is 1.97. The van der Waals surface area contributed by atoms with Gasteiger partial charge in [-0.15, -0.1) is 11.3 Å². The summed E-state index contributed by atoms with van der Waals surface area (Å²) in [7, 11) is 1.34. The minimum atomic E-state index is -0.407. The summed E-state index contributed by atoms with van der Waals surface area (Å²) in [6, 6.07) is 7.40. The van der Waals surface area contributed by atoms with E-state index in [-0.39, 0.29) is 0 Å². The van der Waals surface area contributed by atoms with Crippen molar-refractivity contribution >= 4 is 34.6 Å². The van der Waals surface area contributed by atoms with Gasteiger partial charge in [0.05, 0.1) is 12.8 Å². The van der Waals surface area contributed by atoms with Crippen LogP contribution in [0.4, 0.5) is 5.69 Å². The van der Waals surface area contributed by atoms with E-state index < -0.39 is 5.97 Å². The Morgan fingerprint density at radius 3 is 2.72 bits per heavy atom. The minimum Gasteiger partial charge on any atom is -0.465 e. The number of anilines is 1. The van der Waals surface area contributed by atoms with Crippen LogP contribution in [0.1, 0.15) is 15.2 Å². The van der Waals surface area contributed by atoms with E-state index in [4.69, 9.17) is 17.3 Å². The van der Waals surface area contributed by atoms with Crippen LogP contribution < -0.4 is 5.73 Å². The number of rotatable bonds is 2. The number of ether oxygens (including phenoxy) is 1. The summed E-state index contributed by atoms with van der Waals surface area (Å²) in [5, 5.41) is 0.689. The molecule has 0 saturated heterocycles. The number of carbonyl (C=O) groups excluding carboxylic acids is 1. The first-order valence-electron chi connectivity index (χ1n) is 5.27. The number of esters is 1. The van der Waals surface area contributed by atoms with Gasteiger partial charge in [0.15, 0.2) is 0 Å². The summed E-state index contributed by atoms with van der Waals surface area (Å²) < 4.78 is 4.69. The molecule has 0 atom stereocenters. The van der Waals surface area contributed by atoms with E-state index in [0.29, 0.717) is 15.6 Å². The molecule has 94 valence electrons. The van der Waals surface area contributed by atoms with Gasteiger partial charge in [-0.1, -0.05) is 17.7 Å².